The number of hydrogen-bond donors (Lipinski definition) is 0. The molecule has 0 aliphatic carbocycles. The van der Waals surface area contributed by atoms with Crippen molar-refractivity contribution in [2.45, 2.75) is 12.8 Å². The Hall–Kier alpha value is -2.36. The number of ether oxygens (including phenoxy) is 4. The summed E-state index contributed by atoms with van der Waals surface area (Å²) >= 11 is 0. The van der Waals surface area contributed by atoms with Gasteiger partial charge in [0.2, 0.25) is 11.5 Å². The Morgan fingerprint density at radius 2 is 1.57 bits per heavy atom. The average Bonchev–Trinajstić information content (AvgIpc) is 2.71. The summed E-state index contributed by atoms with van der Waals surface area (Å²) in [5, 5.41) is 0. The Morgan fingerprint density at radius 3 is 2.29 bits per heavy atom. The van der Waals surface area contributed by atoms with Gasteiger partial charge in [0.25, 0.3) is 0 Å². The van der Waals surface area contributed by atoms with Crippen LogP contribution in [0.15, 0.2) is 30.3 Å². The lowest BCUT2D eigenvalue weighted by Crippen LogP contribution is -2.00. The molecule has 0 aromatic heterocycles. The van der Waals surface area contributed by atoms with Crippen molar-refractivity contribution in [2.75, 3.05) is 21.3 Å². The normalized spacial score (nSPS) is 12.5. The van der Waals surface area contributed by atoms with E-state index in [1.807, 2.05) is 24.3 Å². The highest BCUT2D eigenvalue weighted by molar-refractivity contribution is 5.64. The van der Waals surface area contributed by atoms with Crippen molar-refractivity contribution in [3.8, 4) is 28.7 Å². The zero-order valence-corrected chi connectivity index (χ0v) is 12.4. The summed E-state index contributed by atoms with van der Waals surface area (Å²) in [5.41, 5.74) is 2.24. The van der Waals surface area contributed by atoms with Gasteiger partial charge in [0.15, 0.2) is 11.5 Å². The maximum Gasteiger partial charge on any atom is 0.208 e. The van der Waals surface area contributed by atoms with E-state index in [0.717, 1.165) is 24.2 Å². The predicted octanol–water partition coefficient (Wildman–Crippen LogP) is 3.60. The molecule has 2 aromatic rings. The van der Waals surface area contributed by atoms with Crippen LogP contribution in [0.2, 0.25) is 0 Å². The van der Waals surface area contributed by atoms with Crippen LogP contribution in [-0.2, 0) is 12.8 Å². The fourth-order valence-corrected chi connectivity index (χ4v) is 2.67. The highest BCUT2D eigenvalue weighted by Crippen LogP contribution is 2.49. The van der Waals surface area contributed by atoms with Gasteiger partial charge in [-0.2, -0.15) is 0 Å². The van der Waals surface area contributed by atoms with Gasteiger partial charge in [-0.15, -0.1) is 0 Å². The van der Waals surface area contributed by atoms with E-state index >= 15 is 0 Å². The van der Waals surface area contributed by atoms with E-state index in [1.165, 1.54) is 5.56 Å². The van der Waals surface area contributed by atoms with E-state index < -0.39 is 0 Å². The van der Waals surface area contributed by atoms with Crippen LogP contribution in [0.1, 0.15) is 11.1 Å². The van der Waals surface area contributed by atoms with Crippen molar-refractivity contribution < 1.29 is 18.9 Å². The first-order valence-corrected chi connectivity index (χ1v) is 6.86. The third-order valence-electron chi connectivity index (χ3n) is 3.71. The molecule has 4 heteroatoms. The Bertz CT molecular complexity index is 664. The van der Waals surface area contributed by atoms with Crippen molar-refractivity contribution in [1.82, 2.24) is 0 Å². The van der Waals surface area contributed by atoms with E-state index in [-0.39, 0.29) is 0 Å². The van der Waals surface area contributed by atoms with Gasteiger partial charge in [-0.25, -0.2) is 0 Å². The minimum Gasteiger partial charge on any atom is -0.493 e. The SMILES string of the molecule is COc1cc2c(c(OC)c1OC)Oc1ccccc1CC2. The van der Waals surface area contributed by atoms with Gasteiger partial charge in [0, 0.05) is 5.56 Å². The smallest absolute Gasteiger partial charge is 0.208 e. The summed E-state index contributed by atoms with van der Waals surface area (Å²) in [4.78, 5) is 0. The molecule has 0 bridgehead atoms. The minimum absolute atomic E-state index is 0.554. The van der Waals surface area contributed by atoms with Crippen molar-refractivity contribution in [2.24, 2.45) is 0 Å². The quantitative estimate of drug-likeness (QED) is 0.864. The molecule has 1 aliphatic heterocycles. The van der Waals surface area contributed by atoms with Gasteiger partial charge in [-0.3, -0.25) is 0 Å². The molecule has 0 saturated carbocycles. The Kier molecular flexibility index (Phi) is 3.60. The van der Waals surface area contributed by atoms with Crippen molar-refractivity contribution in [1.29, 1.82) is 0 Å². The highest BCUT2D eigenvalue weighted by atomic mass is 16.5. The Morgan fingerprint density at radius 1 is 0.857 bits per heavy atom. The molecule has 0 amide bonds. The molecule has 2 aromatic carbocycles. The fourth-order valence-electron chi connectivity index (χ4n) is 2.67. The van der Waals surface area contributed by atoms with Crippen LogP contribution in [0.4, 0.5) is 0 Å². The summed E-state index contributed by atoms with van der Waals surface area (Å²) in [6.45, 7) is 0. The minimum atomic E-state index is 0.554. The lowest BCUT2D eigenvalue weighted by atomic mass is 10.0. The van der Waals surface area contributed by atoms with Gasteiger partial charge in [0.1, 0.15) is 5.75 Å². The monoisotopic (exact) mass is 286 g/mol. The first-order valence-electron chi connectivity index (χ1n) is 6.86. The summed E-state index contributed by atoms with van der Waals surface area (Å²) < 4.78 is 22.4. The molecule has 0 unspecified atom stereocenters. The maximum atomic E-state index is 6.11. The second-order valence-corrected chi connectivity index (χ2v) is 4.84. The molecule has 1 heterocycles. The van der Waals surface area contributed by atoms with Crippen LogP contribution in [0.3, 0.4) is 0 Å². The Balaban J connectivity index is 2.18. The number of para-hydroxylation sites is 1. The van der Waals surface area contributed by atoms with Crippen molar-refractivity contribution >= 4 is 0 Å². The van der Waals surface area contributed by atoms with Crippen LogP contribution in [0.25, 0.3) is 0 Å². The van der Waals surface area contributed by atoms with E-state index in [1.54, 1.807) is 21.3 Å². The maximum absolute atomic E-state index is 6.11. The van der Waals surface area contributed by atoms with Crippen LogP contribution in [0.5, 0.6) is 28.7 Å². The summed E-state index contributed by atoms with van der Waals surface area (Å²) in [6, 6.07) is 10.0. The number of rotatable bonds is 3. The van der Waals surface area contributed by atoms with Gasteiger partial charge < -0.3 is 18.9 Å². The zero-order chi connectivity index (χ0) is 14.8. The summed E-state index contributed by atoms with van der Waals surface area (Å²) in [6.07, 6.45) is 1.78. The highest BCUT2D eigenvalue weighted by Gasteiger charge is 2.25. The van der Waals surface area contributed by atoms with E-state index in [0.29, 0.717) is 23.0 Å². The third kappa shape index (κ3) is 2.27. The van der Waals surface area contributed by atoms with Crippen molar-refractivity contribution in [3.63, 3.8) is 0 Å². The van der Waals surface area contributed by atoms with Gasteiger partial charge in [0.05, 0.1) is 21.3 Å². The molecule has 0 radical (unpaired) electrons. The molecule has 0 spiro atoms. The second kappa shape index (κ2) is 5.56. The lowest BCUT2D eigenvalue weighted by Gasteiger charge is -2.18. The molecule has 21 heavy (non-hydrogen) atoms. The second-order valence-electron chi connectivity index (χ2n) is 4.84. The molecule has 0 atom stereocenters. The standard InChI is InChI=1S/C17H18O4/c1-18-14-10-12-9-8-11-6-4-5-7-13(11)21-15(12)17(20-3)16(14)19-2/h4-7,10H,8-9H2,1-3H3. The average molecular weight is 286 g/mol. The molecular formula is C17H18O4. The van der Waals surface area contributed by atoms with Crippen LogP contribution >= 0.6 is 0 Å². The number of aryl methyl sites for hydroxylation is 2. The van der Waals surface area contributed by atoms with E-state index in [9.17, 15) is 0 Å². The van der Waals surface area contributed by atoms with E-state index in [2.05, 4.69) is 6.07 Å². The first kappa shape index (κ1) is 13.6. The van der Waals surface area contributed by atoms with Crippen LogP contribution in [-0.4, -0.2) is 21.3 Å². The first-order chi connectivity index (χ1) is 10.3. The fraction of sp³-hybridized carbons (Fsp3) is 0.294. The van der Waals surface area contributed by atoms with Crippen LogP contribution < -0.4 is 18.9 Å². The predicted molar refractivity (Wildman–Crippen MR) is 80.0 cm³/mol. The lowest BCUT2D eigenvalue weighted by molar-refractivity contribution is 0.312. The van der Waals surface area contributed by atoms with Crippen LogP contribution in [0, 0.1) is 0 Å². The number of benzene rings is 2. The third-order valence-corrected chi connectivity index (χ3v) is 3.71. The van der Waals surface area contributed by atoms with Gasteiger partial charge in [-0.05, 0) is 30.5 Å². The Labute approximate surface area is 124 Å². The largest absolute Gasteiger partial charge is 0.493 e. The van der Waals surface area contributed by atoms with Gasteiger partial charge >= 0.3 is 0 Å². The molecule has 3 rings (SSSR count). The molecule has 0 N–H and O–H groups in total. The molecule has 0 fully saturated rings. The van der Waals surface area contributed by atoms with E-state index in [4.69, 9.17) is 18.9 Å². The molecule has 110 valence electrons. The molecule has 4 nitrogen and oxygen atoms in total. The molecular weight excluding hydrogens is 268 g/mol. The molecule has 0 saturated heterocycles. The number of hydrogen-bond acceptors (Lipinski definition) is 4. The van der Waals surface area contributed by atoms with Crippen molar-refractivity contribution in [3.05, 3.63) is 41.5 Å². The topological polar surface area (TPSA) is 36.9 Å². The summed E-state index contributed by atoms with van der Waals surface area (Å²) in [5.74, 6) is 3.35. The summed E-state index contributed by atoms with van der Waals surface area (Å²) in [7, 11) is 4.82. The number of methoxy groups -OCH3 is 3. The van der Waals surface area contributed by atoms with Gasteiger partial charge in [-0.1, -0.05) is 18.2 Å². The zero-order valence-electron chi connectivity index (χ0n) is 12.4. The number of fused-ring (bicyclic) bond motifs is 2. The molecule has 1 aliphatic rings.